The van der Waals surface area contributed by atoms with Gasteiger partial charge in [0.1, 0.15) is 0 Å². The summed E-state index contributed by atoms with van der Waals surface area (Å²) in [6, 6.07) is 0. The van der Waals surface area contributed by atoms with Gasteiger partial charge in [0.05, 0.1) is 0 Å². The molecule has 0 atom stereocenters. The van der Waals surface area contributed by atoms with Crippen LogP contribution < -0.4 is 5.32 Å². The highest BCUT2D eigenvalue weighted by atomic mass is 15.1. The first-order valence-corrected chi connectivity index (χ1v) is 7.81. The fourth-order valence-corrected chi connectivity index (χ4v) is 3.50. The molecule has 2 aliphatic rings. The van der Waals surface area contributed by atoms with Crippen LogP contribution in [0, 0.1) is 11.8 Å². The van der Waals surface area contributed by atoms with Gasteiger partial charge < -0.3 is 10.2 Å². The average Bonchev–Trinajstić information content (AvgIpc) is 2.40. The molecule has 2 rings (SSSR count). The van der Waals surface area contributed by atoms with Crippen LogP contribution in [0.15, 0.2) is 0 Å². The van der Waals surface area contributed by atoms with Crippen LogP contribution in [0.4, 0.5) is 0 Å². The van der Waals surface area contributed by atoms with Crippen molar-refractivity contribution >= 4 is 0 Å². The van der Waals surface area contributed by atoms with Gasteiger partial charge in [-0.3, -0.25) is 0 Å². The highest BCUT2D eigenvalue weighted by molar-refractivity contribution is 4.75. The standard InChI is InChI=1S/C15H30N2/c1-2-17(12-14-6-4-3-5-7-14)13-15-8-10-16-11-9-15/h14-16H,2-13H2,1H3. The zero-order chi connectivity index (χ0) is 11.9. The largest absolute Gasteiger partial charge is 0.317 e. The highest BCUT2D eigenvalue weighted by Crippen LogP contribution is 2.25. The van der Waals surface area contributed by atoms with Gasteiger partial charge in [-0.15, -0.1) is 0 Å². The molecule has 0 aromatic carbocycles. The number of rotatable bonds is 5. The second kappa shape index (κ2) is 7.38. The Labute approximate surface area is 107 Å². The summed E-state index contributed by atoms with van der Waals surface area (Å²) < 4.78 is 0. The van der Waals surface area contributed by atoms with E-state index in [4.69, 9.17) is 0 Å². The van der Waals surface area contributed by atoms with Gasteiger partial charge in [-0.25, -0.2) is 0 Å². The Balaban J connectivity index is 1.71. The van der Waals surface area contributed by atoms with Gasteiger partial charge in [0.2, 0.25) is 0 Å². The zero-order valence-corrected chi connectivity index (χ0v) is 11.6. The van der Waals surface area contributed by atoms with Crippen LogP contribution in [0.1, 0.15) is 51.9 Å². The number of hydrogen-bond donors (Lipinski definition) is 1. The minimum atomic E-state index is 0.958. The Kier molecular flexibility index (Phi) is 5.79. The summed E-state index contributed by atoms with van der Waals surface area (Å²) in [5.74, 6) is 1.96. The first-order chi connectivity index (χ1) is 8.38. The number of nitrogens with zero attached hydrogens (tertiary/aromatic N) is 1. The van der Waals surface area contributed by atoms with E-state index < -0.39 is 0 Å². The van der Waals surface area contributed by atoms with Crippen molar-refractivity contribution in [1.29, 1.82) is 0 Å². The van der Waals surface area contributed by atoms with Crippen LogP contribution in [0.3, 0.4) is 0 Å². The van der Waals surface area contributed by atoms with E-state index in [1.807, 2.05) is 0 Å². The summed E-state index contributed by atoms with van der Waals surface area (Å²) >= 11 is 0. The molecule has 1 N–H and O–H groups in total. The van der Waals surface area contributed by atoms with E-state index in [0.29, 0.717) is 0 Å². The van der Waals surface area contributed by atoms with Gasteiger partial charge in [-0.2, -0.15) is 0 Å². The minimum Gasteiger partial charge on any atom is -0.317 e. The summed E-state index contributed by atoms with van der Waals surface area (Å²) in [5, 5.41) is 3.47. The van der Waals surface area contributed by atoms with Crippen LogP contribution >= 0.6 is 0 Å². The number of nitrogens with one attached hydrogen (secondary N) is 1. The SMILES string of the molecule is CCN(CC1CCCCC1)CC1CCNCC1. The monoisotopic (exact) mass is 238 g/mol. The molecule has 0 aromatic heterocycles. The Morgan fingerprint density at radius 2 is 1.47 bits per heavy atom. The summed E-state index contributed by atoms with van der Waals surface area (Å²) in [4.78, 5) is 2.73. The van der Waals surface area contributed by atoms with Crippen LogP contribution in [0.2, 0.25) is 0 Å². The van der Waals surface area contributed by atoms with E-state index in [2.05, 4.69) is 17.1 Å². The van der Waals surface area contributed by atoms with E-state index in [1.165, 1.54) is 77.7 Å². The summed E-state index contributed by atoms with van der Waals surface area (Å²) in [6.45, 7) is 8.80. The molecule has 2 heteroatoms. The molecule has 1 aliphatic heterocycles. The van der Waals surface area contributed by atoms with Crippen LogP contribution in [-0.4, -0.2) is 37.6 Å². The summed E-state index contributed by atoms with van der Waals surface area (Å²) in [5.41, 5.74) is 0. The van der Waals surface area contributed by atoms with Gasteiger partial charge in [0.15, 0.2) is 0 Å². The predicted octanol–water partition coefficient (Wildman–Crippen LogP) is 2.89. The Hall–Kier alpha value is -0.0800. The third kappa shape index (κ3) is 4.59. The molecule has 1 heterocycles. The zero-order valence-electron chi connectivity index (χ0n) is 11.6. The topological polar surface area (TPSA) is 15.3 Å². The maximum absolute atomic E-state index is 3.47. The maximum atomic E-state index is 3.47. The van der Waals surface area contributed by atoms with Gasteiger partial charge in [-0.05, 0) is 57.2 Å². The normalized spacial score (nSPS) is 24.4. The van der Waals surface area contributed by atoms with Crippen LogP contribution in [0.25, 0.3) is 0 Å². The van der Waals surface area contributed by atoms with E-state index in [9.17, 15) is 0 Å². The maximum Gasteiger partial charge on any atom is 0.00106 e. The molecule has 0 aromatic rings. The van der Waals surface area contributed by atoms with E-state index in [-0.39, 0.29) is 0 Å². The molecule has 0 radical (unpaired) electrons. The van der Waals surface area contributed by atoms with Crippen molar-refractivity contribution in [2.75, 3.05) is 32.7 Å². The van der Waals surface area contributed by atoms with Crippen molar-refractivity contribution < 1.29 is 0 Å². The van der Waals surface area contributed by atoms with Gasteiger partial charge in [-0.1, -0.05) is 26.2 Å². The average molecular weight is 238 g/mol. The Morgan fingerprint density at radius 1 is 0.882 bits per heavy atom. The molecule has 0 amide bonds. The molecule has 1 saturated heterocycles. The highest BCUT2D eigenvalue weighted by Gasteiger charge is 2.20. The molecule has 0 bridgehead atoms. The van der Waals surface area contributed by atoms with Gasteiger partial charge in [0, 0.05) is 13.1 Å². The Bertz CT molecular complexity index is 173. The van der Waals surface area contributed by atoms with Crippen molar-refractivity contribution in [3.63, 3.8) is 0 Å². The molecular formula is C15H30N2. The fourth-order valence-electron chi connectivity index (χ4n) is 3.50. The van der Waals surface area contributed by atoms with Crippen LogP contribution in [0.5, 0.6) is 0 Å². The first-order valence-electron chi connectivity index (χ1n) is 7.81. The number of piperidine rings is 1. The van der Waals surface area contributed by atoms with Gasteiger partial charge >= 0.3 is 0 Å². The summed E-state index contributed by atoms with van der Waals surface area (Å²) in [6.07, 6.45) is 10.2. The molecule has 100 valence electrons. The van der Waals surface area contributed by atoms with E-state index in [1.54, 1.807) is 0 Å². The van der Waals surface area contributed by atoms with E-state index in [0.717, 1.165) is 11.8 Å². The third-order valence-corrected chi connectivity index (χ3v) is 4.66. The molecule has 1 aliphatic carbocycles. The lowest BCUT2D eigenvalue weighted by Gasteiger charge is -2.33. The minimum absolute atomic E-state index is 0.958. The first kappa shape index (κ1) is 13.4. The van der Waals surface area contributed by atoms with Gasteiger partial charge in [0.25, 0.3) is 0 Å². The van der Waals surface area contributed by atoms with Crippen LogP contribution in [-0.2, 0) is 0 Å². The van der Waals surface area contributed by atoms with Crippen molar-refractivity contribution in [2.45, 2.75) is 51.9 Å². The second-order valence-corrected chi connectivity index (χ2v) is 6.05. The van der Waals surface area contributed by atoms with E-state index >= 15 is 0 Å². The molecule has 0 spiro atoms. The lowest BCUT2D eigenvalue weighted by molar-refractivity contribution is 0.169. The molecule has 17 heavy (non-hydrogen) atoms. The molecule has 2 nitrogen and oxygen atoms in total. The van der Waals surface area contributed by atoms with Crippen molar-refractivity contribution in [1.82, 2.24) is 10.2 Å². The van der Waals surface area contributed by atoms with Crippen molar-refractivity contribution in [2.24, 2.45) is 11.8 Å². The molecule has 2 fully saturated rings. The number of hydrogen-bond acceptors (Lipinski definition) is 2. The van der Waals surface area contributed by atoms with Crippen molar-refractivity contribution in [3.8, 4) is 0 Å². The summed E-state index contributed by atoms with van der Waals surface area (Å²) in [7, 11) is 0. The third-order valence-electron chi connectivity index (χ3n) is 4.66. The second-order valence-electron chi connectivity index (χ2n) is 6.05. The predicted molar refractivity (Wildman–Crippen MR) is 74.3 cm³/mol. The van der Waals surface area contributed by atoms with Crippen molar-refractivity contribution in [3.05, 3.63) is 0 Å². The smallest absolute Gasteiger partial charge is 0.00106 e. The molecule has 1 saturated carbocycles. The fraction of sp³-hybridized carbons (Fsp3) is 1.00. The lowest BCUT2D eigenvalue weighted by Crippen LogP contribution is -2.38. The quantitative estimate of drug-likeness (QED) is 0.792. The molecular weight excluding hydrogens is 208 g/mol. The Morgan fingerprint density at radius 3 is 2.06 bits per heavy atom. The molecule has 0 unspecified atom stereocenters. The lowest BCUT2D eigenvalue weighted by atomic mass is 9.88.